The highest BCUT2D eigenvalue weighted by Gasteiger charge is 2.39. The van der Waals surface area contributed by atoms with Crippen LogP contribution in [0, 0.1) is 23.0 Å². The minimum atomic E-state index is -0.504. The van der Waals surface area contributed by atoms with E-state index in [0.29, 0.717) is 11.3 Å². The topological polar surface area (TPSA) is 35.8 Å². The molecule has 1 fully saturated rings. The smallest absolute Gasteiger partial charge is 0.136 e. The summed E-state index contributed by atoms with van der Waals surface area (Å²) < 4.78 is 26.7. The van der Waals surface area contributed by atoms with Crippen LogP contribution >= 0.6 is 11.8 Å². The van der Waals surface area contributed by atoms with Crippen LogP contribution in [0.4, 0.5) is 8.78 Å². The van der Waals surface area contributed by atoms with Gasteiger partial charge in [-0.2, -0.15) is 5.26 Å². The van der Waals surface area contributed by atoms with Gasteiger partial charge in [0.1, 0.15) is 17.2 Å². The molecule has 0 heterocycles. The predicted molar refractivity (Wildman–Crippen MR) is 71.9 cm³/mol. The maximum Gasteiger partial charge on any atom is 0.136 e. The number of nitrogens with zero attached hydrogens (tertiary/aromatic N) is 1. The second kappa shape index (κ2) is 5.89. The molecule has 1 saturated carbocycles. The minimum Gasteiger partial charge on any atom is -0.300 e. The van der Waals surface area contributed by atoms with Crippen molar-refractivity contribution >= 4 is 11.8 Å². The monoisotopic (exact) mass is 282 g/mol. The van der Waals surface area contributed by atoms with Crippen LogP contribution in [0.3, 0.4) is 0 Å². The predicted octanol–water partition coefficient (Wildman–Crippen LogP) is 3.48. The molecule has 1 aliphatic carbocycles. The summed E-state index contributed by atoms with van der Waals surface area (Å²) in [6.07, 6.45) is 2.26. The molecule has 0 saturated heterocycles. The summed E-state index contributed by atoms with van der Waals surface area (Å²) in [6, 6.07) is 5.81. The first kappa shape index (κ1) is 14.3. The van der Waals surface area contributed by atoms with E-state index in [1.807, 2.05) is 6.92 Å². The van der Waals surface area contributed by atoms with Gasteiger partial charge in [-0.05, 0) is 44.0 Å². The van der Waals surface area contributed by atoms with Crippen LogP contribution < -0.4 is 5.32 Å². The summed E-state index contributed by atoms with van der Waals surface area (Å²) >= 11 is 1.33. The van der Waals surface area contributed by atoms with Crippen molar-refractivity contribution in [3.8, 4) is 6.07 Å². The van der Waals surface area contributed by atoms with Crippen molar-refractivity contribution in [1.82, 2.24) is 5.32 Å². The molecule has 0 spiro atoms. The van der Waals surface area contributed by atoms with Gasteiger partial charge in [-0.25, -0.2) is 8.78 Å². The van der Waals surface area contributed by atoms with Gasteiger partial charge < -0.3 is 0 Å². The fourth-order valence-corrected chi connectivity index (χ4v) is 3.81. The van der Waals surface area contributed by atoms with E-state index in [-0.39, 0.29) is 5.25 Å². The molecule has 0 amide bonds. The van der Waals surface area contributed by atoms with Gasteiger partial charge in [-0.3, -0.25) is 5.32 Å². The number of nitrogens with one attached hydrogen (secondary N) is 1. The summed E-state index contributed by atoms with van der Waals surface area (Å²) in [7, 11) is 0. The molecule has 2 rings (SSSR count). The van der Waals surface area contributed by atoms with Crippen molar-refractivity contribution in [2.75, 3.05) is 6.54 Å². The Bertz CT molecular complexity index is 501. The molecule has 0 aromatic heterocycles. The Morgan fingerprint density at radius 1 is 1.53 bits per heavy atom. The van der Waals surface area contributed by atoms with Crippen LogP contribution in [-0.2, 0) is 0 Å². The van der Waals surface area contributed by atoms with Crippen LogP contribution in [0.1, 0.15) is 26.2 Å². The van der Waals surface area contributed by atoms with E-state index in [0.717, 1.165) is 31.5 Å². The standard InChI is InChI=1S/C14H16F2N2S/c1-2-18-14(9-17)6-5-11(8-14)19-13-7-10(15)3-4-12(13)16/h3-4,7,11,18H,2,5-6,8H2,1H3. The minimum absolute atomic E-state index is 0.148. The highest BCUT2D eigenvalue weighted by atomic mass is 32.2. The Hall–Kier alpha value is -1.12. The highest BCUT2D eigenvalue weighted by Crippen LogP contribution is 2.40. The number of halogens is 2. The summed E-state index contributed by atoms with van der Waals surface area (Å²) in [5.74, 6) is -0.829. The van der Waals surface area contributed by atoms with E-state index in [1.54, 1.807) is 0 Å². The zero-order chi connectivity index (χ0) is 13.9. The van der Waals surface area contributed by atoms with Gasteiger partial charge in [0, 0.05) is 10.1 Å². The van der Waals surface area contributed by atoms with E-state index in [9.17, 15) is 14.0 Å². The summed E-state index contributed by atoms with van der Waals surface area (Å²) in [5, 5.41) is 12.6. The maximum absolute atomic E-state index is 13.6. The highest BCUT2D eigenvalue weighted by molar-refractivity contribution is 8.00. The molecule has 0 aliphatic heterocycles. The van der Waals surface area contributed by atoms with Gasteiger partial charge >= 0.3 is 0 Å². The lowest BCUT2D eigenvalue weighted by molar-refractivity contribution is 0.436. The van der Waals surface area contributed by atoms with Crippen LogP contribution in [0.2, 0.25) is 0 Å². The fraction of sp³-hybridized carbons (Fsp3) is 0.500. The van der Waals surface area contributed by atoms with Crippen LogP contribution in [0.5, 0.6) is 0 Å². The third kappa shape index (κ3) is 3.26. The third-order valence-corrected chi connectivity index (χ3v) is 4.69. The maximum atomic E-state index is 13.6. The summed E-state index contributed by atoms with van der Waals surface area (Å²) in [5.41, 5.74) is -0.504. The molecule has 1 aliphatic rings. The summed E-state index contributed by atoms with van der Waals surface area (Å²) in [6.45, 7) is 2.70. The normalized spacial score (nSPS) is 26.3. The zero-order valence-electron chi connectivity index (χ0n) is 10.7. The van der Waals surface area contributed by atoms with Gasteiger partial charge in [0.25, 0.3) is 0 Å². The van der Waals surface area contributed by atoms with E-state index in [4.69, 9.17) is 0 Å². The number of benzene rings is 1. The first-order chi connectivity index (χ1) is 9.08. The Labute approximate surface area is 116 Å². The second-order valence-corrected chi connectivity index (χ2v) is 6.12. The van der Waals surface area contributed by atoms with Gasteiger partial charge in [0.2, 0.25) is 0 Å². The van der Waals surface area contributed by atoms with Crippen LogP contribution in [0.25, 0.3) is 0 Å². The summed E-state index contributed by atoms with van der Waals surface area (Å²) in [4.78, 5) is 0.329. The van der Waals surface area contributed by atoms with E-state index < -0.39 is 17.2 Å². The second-order valence-electron chi connectivity index (χ2n) is 4.78. The third-order valence-electron chi connectivity index (χ3n) is 3.39. The molecule has 1 N–H and O–H groups in total. The van der Waals surface area contributed by atoms with Gasteiger partial charge in [-0.1, -0.05) is 6.92 Å². The van der Waals surface area contributed by atoms with Crippen LogP contribution in [0.15, 0.2) is 23.1 Å². The Morgan fingerprint density at radius 2 is 2.32 bits per heavy atom. The molecule has 1 aromatic rings. The van der Waals surface area contributed by atoms with Gasteiger partial charge in [0.05, 0.1) is 6.07 Å². The lowest BCUT2D eigenvalue weighted by Gasteiger charge is -2.21. The van der Waals surface area contributed by atoms with Crippen molar-refractivity contribution in [1.29, 1.82) is 5.26 Å². The first-order valence-electron chi connectivity index (χ1n) is 6.36. The fourth-order valence-electron chi connectivity index (χ4n) is 2.49. The Balaban J connectivity index is 2.06. The van der Waals surface area contributed by atoms with Crippen LogP contribution in [-0.4, -0.2) is 17.3 Å². The number of hydrogen-bond donors (Lipinski definition) is 1. The van der Waals surface area contributed by atoms with E-state index in [1.165, 1.54) is 17.8 Å². The first-order valence-corrected chi connectivity index (χ1v) is 7.24. The molecule has 0 bridgehead atoms. The van der Waals surface area contributed by atoms with Crippen molar-refractivity contribution in [2.24, 2.45) is 0 Å². The molecular weight excluding hydrogens is 266 g/mol. The largest absolute Gasteiger partial charge is 0.300 e. The van der Waals surface area contributed by atoms with Gasteiger partial charge in [-0.15, -0.1) is 11.8 Å². The SMILES string of the molecule is CCNC1(C#N)CCC(Sc2cc(F)ccc2F)C1. The average molecular weight is 282 g/mol. The zero-order valence-corrected chi connectivity index (χ0v) is 11.6. The lowest BCUT2D eigenvalue weighted by atomic mass is 10.0. The molecule has 19 heavy (non-hydrogen) atoms. The molecule has 1 aromatic carbocycles. The molecule has 5 heteroatoms. The van der Waals surface area contributed by atoms with Crippen molar-refractivity contribution in [2.45, 2.75) is 41.9 Å². The van der Waals surface area contributed by atoms with Crippen molar-refractivity contribution in [3.63, 3.8) is 0 Å². The molecule has 2 atom stereocenters. The van der Waals surface area contributed by atoms with Gasteiger partial charge in [0.15, 0.2) is 0 Å². The molecule has 2 nitrogen and oxygen atoms in total. The lowest BCUT2D eigenvalue weighted by Crippen LogP contribution is -2.41. The number of hydrogen-bond acceptors (Lipinski definition) is 3. The number of rotatable bonds is 4. The molecule has 0 radical (unpaired) electrons. The molecular formula is C14H16F2N2S. The molecule has 2 unspecified atom stereocenters. The number of thioether (sulfide) groups is 1. The average Bonchev–Trinajstić information content (AvgIpc) is 2.78. The Morgan fingerprint density at radius 3 is 3.00 bits per heavy atom. The Kier molecular flexibility index (Phi) is 4.43. The van der Waals surface area contributed by atoms with Crippen molar-refractivity contribution in [3.05, 3.63) is 29.8 Å². The van der Waals surface area contributed by atoms with E-state index in [2.05, 4.69) is 11.4 Å². The van der Waals surface area contributed by atoms with E-state index >= 15 is 0 Å². The quantitative estimate of drug-likeness (QED) is 0.918. The number of nitriles is 1. The van der Waals surface area contributed by atoms with Crippen molar-refractivity contribution < 1.29 is 8.78 Å². The molecule has 102 valence electrons.